The summed E-state index contributed by atoms with van der Waals surface area (Å²) in [6, 6.07) is 13.6. The molecule has 0 bridgehead atoms. The number of fused-ring (bicyclic) bond motifs is 1. The van der Waals surface area contributed by atoms with Crippen LogP contribution >= 0.6 is 11.3 Å². The number of aromatic nitrogens is 3. The highest BCUT2D eigenvalue weighted by Crippen LogP contribution is 2.21. The van der Waals surface area contributed by atoms with Crippen LogP contribution in [0, 0.1) is 10.1 Å². The second-order valence-corrected chi connectivity index (χ2v) is 7.99. The molecular formula is C22H20N4O4S. The summed E-state index contributed by atoms with van der Waals surface area (Å²) < 4.78 is 7.39. The molecule has 4 rings (SSSR count). The van der Waals surface area contributed by atoms with Crippen LogP contribution in [0.25, 0.3) is 22.4 Å². The van der Waals surface area contributed by atoms with Crippen LogP contribution in [0.15, 0.2) is 53.3 Å². The molecule has 2 aromatic heterocycles. The van der Waals surface area contributed by atoms with Gasteiger partial charge in [0.15, 0.2) is 5.82 Å². The number of benzene rings is 2. The second-order valence-electron chi connectivity index (χ2n) is 6.98. The van der Waals surface area contributed by atoms with Gasteiger partial charge in [0, 0.05) is 17.7 Å². The van der Waals surface area contributed by atoms with Gasteiger partial charge in [-0.2, -0.15) is 9.50 Å². The van der Waals surface area contributed by atoms with Gasteiger partial charge in [-0.1, -0.05) is 43.2 Å². The molecule has 31 heavy (non-hydrogen) atoms. The van der Waals surface area contributed by atoms with Crippen molar-refractivity contribution in [2.24, 2.45) is 0 Å². The molecular weight excluding hydrogens is 416 g/mol. The number of nitro benzene ring substituents is 1. The zero-order valence-electron chi connectivity index (χ0n) is 16.9. The maximum atomic E-state index is 12.7. The van der Waals surface area contributed by atoms with Crippen LogP contribution in [0.1, 0.15) is 31.7 Å². The van der Waals surface area contributed by atoms with Gasteiger partial charge in [0.2, 0.25) is 4.96 Å². The van der Waals surface area contributed by atoms with E-state index in [2.05, 4.69) is 17.0 Å². The lowest BCUT2D eigenvalue weighted by Gasteiger charge is -2.05. The largest absolute Gasteiger partial charge is 0.494 e. The van der Waals surface area contributed by atoms with Crippen molar-refractivity contribution in [3.63, 3.8) is 0 Å². The summed E-state index contributed by atoms with van der Waals surface area (Å²) in [6.45, 7) is 2.84. The molecule has 0 atom stereocenters. The Morgan fingerprint density at radius 2 is 2.00 bits per heavy atom. The molecule has 0 aliphatic heterocycles. The predicted molar refractivity (Wildman–Crippen MR) is 119 cm³/mol. The van der Waals surface area contributed by atoms with Gasteiger partial charge in [-0.15, -0.1) is 5.10 Å². The summed E-state index contributed by atoms with van der Waals surface area (Å²) in [7, 11) is 0. The molecule has 9 heteroatoms. The summed E-state index contributed by atoms with van der Waals surface area (Å²) >= 11 is 1.19. The normalized spacial score (nSPS) is 11.8. The monoisotopic (exact) mass is 436 g/mol. The molecule has 8 nitrogen and oxygen atoms in total. The van der Waals surface area contributed by atoms with Crippen molar-refractivity contribution in [2.45, 2.75) is 26.2 Å². The number of hydrogen-bond donors (Lipinski definition) is 0. The zero-order valence-corrected chi connectivity index (χ0v) is 17.7. The Morgan fingerprint density at radius 1 is 1.19 bits per heavy atom. The van der Waals surface area contributed by atoms with Crippen LogP contribution in [0.4, 0.5) is 5.69 Å². The number of ether oxygens (including phenoxy) is 1. The molecule has 4 aromatic rings. The lowest BCUT2D eigenvalue weighted by molar-refractivity contribution is -0.384. The van der Waals surface area contributed by atoms with Gasteiger partial charge < -0.3 is 4.74 Å². The van der Waals surface area contributed by atoms with Crippen LogP contribution in [-0.4, -0.2) is 26.1 Å². The summed E-state index contributed by atoms with van der Waals surface area (Å²) in [6.07, 6.45) is 4.93. The smallest absolute Gasteiger partial charge is 0.291 e. The Hall–Kier alpha value is -3.59. The van der Waals surface area contributed by atoms with Crippen molar-refractivity contribution < 1.29 is 9.66 Å². The van der Waals surface area contributed by atoms with Gasteiger partial charge in [0.25, 0.3) is 11.2 Å². The quantitative estimate of drug-likeness (QED) is 0.236. The predicted octanol–water partition coefficient (Wildman–Crippen LogP) is 3.84. The number of nitro groups is 1. The van der Waals surface area contributed by atoms with Gasteiger partial charge in [-0.25, -0.2) is 0 Å². The lowest BCUT2D eigenvalue weighted by atomic mass is 10.2. The molecule has 0 aliphatic carbocycles. The van der Waals surface area contributed by atoms with E-state index in [1.165, 1.54) is 28.0 Å². The first-order valence-electron chi connectivity index (χ1n) is 9.94. The van der Waals surface area contributed by atoms with E-state index in [9.17, 15) is 14.9 Å². The number of thiazole rings is 1. The Kier molecular flexibility index (Phi) is 6.03. The SMILES string of the molecule is CCCCCOc1ccc(-c2nc3sc(=Cc4cccc([N+](=O)[O-])c4)c(=O)n3n2)cc1. The van der Waals surface area contributed by atoms with Crippen LogP contribution < -0.4 is 14.8 Å². The fourth-order valence-electron chi connectivity index (χ4n) is 3.08. The van der Waals surface area contributed by atoms with E-state index in [-0.39, 0.29) is 11.2 Å². The van der Waals surface area contributed by atoms with Crippen molar-refractivity contribution in [1.29, 1.82) is 0 Å². The van der Waals surface area contributed by atoms with E-state index >= 15 is 0 Å². The molecule has 2 aromatic carbocycles. The number of non-ortho nitro benzene ring substituents is 1. The maximum absolute atomic E-state index is 12.7. The minimum absolute atomic E-state index is 0.0271. The van der Waals surface area contributed by atoms with Crippen molar-refractivity contribution in [1.82, 2.24) is 14.6 Å². The molecule has 0 fully saturated rings. The number of rotatable bonds is 8. The summed E-state index contributed by atoms with van der Waals surface area (Å²) in [5.74, 6) is 1.25. The van der Waals surface area contributed by atoms with E-state index in [1.807, 2.05) is 24.3 Å². The number of nitrogens with zero attached hydrogens (tertiary/aromatic N) is 4. The van der Waals surface area contributed by atoms with Gasteiger partial charge in [-0.3, -0.25) is 14.9 Å². The fourth-order valence-corrected chi connectivity index (χ4v) is 3.99. The lowest BCUT2D eigenvalue weighted by Crippen LogP contribution is -2.23. The van der Waals surface area contributed by atoms with Gasteiger partial charge in [-0.05, 0) is 42.3 Å². The molecule has 158 valence electrons. The molecule has 0 N–H and O–H groups in total. The maximum Gasteiger partial charge on any atom is 0.291 e. The van der Waals surface area contributed by atoms with Gasteiger partial charge >= 0.3 is 0 Å². The standard InChI is InChI=1S/C22H20N4O4S/c1-2-3-4-12-30-18-10-8-16(9-11-18)20-23-22-25(24-20)21(27)19(31-22)14-15-6-5-7-17(13-15)26(28)29/h5-11,13-14H,2-4,12H2,1H3. The zero-order chi connectivity index (χ0) is 21.8. The van der Waals surface area contributed by atoms with Crippen LogP contribution in [-0.2, 0) is 0 Å². The second kappa shape index (κ2) is 9.05. The Morgan fingerprint density at radius 3 is 2.71 bits per heavy atom. The third-order valence-corrected chi connectivity index (χ3v) is 5.65. The third-order valence-electron chi connectivity index (χ3n) is 4.69. The van der Waals surface area contributed by atoms with Crippen LogP contribution in [0.3, 0.4) is 0 Å². The Labute approximate surface area is 181 Å². The minimum atomic E-state index is -0.466. The first-order valence-corrected chi connectivity index (χ1v) is 10.8. The summed E-state index contributed by atoms with van der Waals surface area (Å²) in [4.78, 5) is 28.1. The van der Waals surface area contributed by atoms with Crippen molar-refractivity contribution in [3.05, 3.63) is 79.1 Å². The van der Waals surface area contributed by atoms with E-state index in [0.29, 0.717) is 27.5 Å². The highest BCUT2D eigenvalue weighted by atomic mass is 32.1. The highest BCUT2D eigenvalue weighted by Gasteiger charge is 2.12. The van der Waals surface area contributed by atoms with E-state index in [4.69, 9.17) is 4.74 Å². The molecule has 2 heterocycles. The topological polar surface area (TPSA) is 99.6 Å². The van der Waals surface area contributed by atoms with Gasteiger partial charge in [0.1, 0.15) is 5.75 Å². The van der Waals surface area contributed by atoms with Crippen molar-refractivity contribution >= 4 is 28.1 Å². The Balaban J connectivity index is 1.57. The minimum Gasteiger partial charge on any atom is -0.494 e. The van der Waals surface area contributed by atoms with E-state index in [0.717, 1.165) is 30.6 Å². The molecule has 0 saturated carbocycles. The van der Waals surface area contributed by atoms with Gasteiger partial charge in [0.05, 0.1) is 16.1 Å². The summed E-state index contributed by atoms with van der Waals surface area (Å²) in [5.41, 5.74) is 1.04. The van der Waals surface area contributed by atoms with E-state index in [1.54, 1.807) is 18.2 Å². The van der Waals surface area contributed by atoms with Crippen molar-refractivity contribution in [3.8, 4) is 17.1 Å². The fraction of sp³-hybridized carbons (Fsp3) is 0.227. The first kappa shape index (κ1) is 20.7. The first-order chi connectivity index (χ1) is 15.0. The van der Waals surface area contributed by atoms with Crippen LogP contribution in [0.2, 0.25) is 0 Å². The number of unbranched alkanes of at least 4 members (excludes halogenated alkanes) is 2. The van der Waals surface area contributed by atoms with E-state index < -0.39 is 4.92 Å². The molecule has 0 aliphatic rings. The average molecular weight is 436 g/mol. The average Bonchev–Trinajstić information content (AvgIpc) is 3.31. The molecule has 0 amide bonds. The molecule has 0 spiro atoms. The molecule has 0 unspecified atom stereocenters. The van der Waals surface area contributed by atoms with Crippen molar-refractivity contribution in [2.75, 3.05) is 6.61 Å². The number of hydrogen-bond acceptors (Lipinski definition) is 7. The molecule has 0 radical (unpaired) electrons. The molecule has 0 saturated heterocycles. The van der Waals surface area contributed by atoms with Crippen LogP contribution in [0.5, 0.6) is 5.75 Å². The highest BCUT2D eigenvalue weighted by molar-refractivity contribution is 7.15. The third kappa shape index (κ3) is 4.61. The summed E-state index contributed by atoms with van der Waals surface area (Å²) in [5, 5.41) is 15.3. The Bertz CT molecular complexity index is 1330.